The Morgan fingerprint density at radius 3 is 2.28 bits per heavy atom. The molecule has 7 heteroatoms. The van der Waals surface area contributed by atoms with Crippen LogP contribution in [0.4, 0.5) is 4.39 Å². The van der Waals surface area contributed by atoms with E-state index < -0.39 is 0 Å². The summed E-state index contributed by atoms with van der Waals surface area (Å²) < 4.78 is 23.2. The van der Waals surface area contributed by atoms with Gasteiger partial charge in [-0.25, -0.2) is 13.0 Å². The predicted molar refractivity (Wildman–Crippen MR) is 136 cm³/mol. The molecule has 0 radical (unpaired) electrons. The van der Waals surface area contributed by atoms with Gasteiger partial charge in [0.15, 0.2) is 5.82 Å². The molecule has 1 saturated carbocycles. The van der Waals surface area contributed by atoms with E-state index in [9.17, 15) is 4.39 Å². The third-order valence-electron chi connectivity index (χ3n) is 4.96. The summed E-state index contributed by atoms with van der Waals surface area (Å²) in [6.07, 6.45) is 9.95. The molecule has 2 heterocycles. The van der Waals surface area contributed by atoms with Gasteiger partial charge in [0.1, 0.15) is 5.69 Å². The maximum absolute atomic E-state index is 12.9. The van der Waals surface area contributed by atoms with Gasteiger partial charge in [-0.2, -0.15) is 5.10 Å². The van der Waals surface area contributed by atoms with E-state index in [0.717, 1.165) is 37.9 Å². The molecule has 0 spiro atoms. The van der Waals surface area contributed by atoms with Crippen LogP contribution in [0.25, 0.3) is 11.3 Å². The number of halogens is 1. The highest BCUT2D eigenvalue weighted by molar-refractivity contribution is 7.94. The first-order valence-corrected chi connectivity index (χ1v) is 12.4. The van der Waals surface area contributed by atoms with Crippen molar-refractivity contribution in [1.82, 2.24) is 18.8 Å². The van der Waals surface area contributed by atoms with Crippen molar-refractivity contribution in [3.63, 3.8) is 0 Å². The summed E-state index contributed by atoms with van der Waals surface area (Å²) in [6, 6.07) is 10.1. The highest BCUT2D eigenvalue weighted by atomic mass is 32.2. The van der Waals surface area contributed by atoms with Crippen LogP contribution in [-0.4, -0.2) is 58.2 Å². The first kappa shape index (κ1) is 28.4. The number of H-pyrrole nitrogens is 1. The number of ether oxygens (including phenoxy) is 1. The van der Waals surface area contributed by atoms with Crippen LogP contribution in [0.3, 0.4) is 0 Å². The zero-order valence-corrected chi connectivity index (χ0v) is 21.0. The molecule has 2 aliphatic rings. The van der Waals surface area contributed by atoms with Gasteiger partial charge < -0.3 is 4.74 Å². The van der Waals surface area contributed by atoms with Crippen LogP contribution in [0.5, 0.6) is 0 Å². The lowest BCUT2D eigenvalue weighted by atomic mass is 9.96. The van der Waals surface area contributed by atoms with Crippen LogP contribution in [0.2, 0.25) is 0 Å². The first-order valence-electron chi connectivity index (χ1n) is 11.7. The largest absolute Gasteiger partial charge is 0.379 e. The molecule has 32 heavy (non-hydrogen) atoms. The molecule has 180 valence electrons. The number of hydrogen-bond donors (Lipinski definition) is 1. The normalized spacial score (nSPS) is 16.6. The molecule has 0 amide bonds. The van der Waals surface area contributed by atoms with Crippen molar-refractivity contribution < 1.29 is 9.13 Å². The van der Waals surface area contributed by atoms with Crippen molar-refractivity contribution in [3.8, 4) is 11.3 Å². The van der Waals surface area contributed by atoms with E-state index in [4.69, 9.17) is 4.74 Å². The lowest BCUT2D eigenvalue weighted by Crippen LogP contribution is -2.37. The number of benzene rings is 1. The number of nitrogens with one attached hydrogen (secondary N) is 1. The third-order valence-corrected chi connectivity index (χ3v) is 6.11. The Kier molecular flexibility index (Phi) is 15.8. The number of nitrogens with zero attached hydrogens (tertiary/aromatic N) is 3. The molecule has 1 aliphatic carbocycles. The average molecular weight is 465 g/mol. The van der Waals surface area contributed by atoms with Gasteiger partial charge in [-0.05, 0) is 26.8 Å². The molecule has 2 aromatic rings. The topological polar surface area (TPSA) is 44.4 Å². The molecule has 2 fully saturated rings. The van der Waals surface area contributed by atoms with Crippen molar-refractivity contribution in [1.29, 1.82) is 0 Å². The fourth-order valence-corrected chi connectivity index (χ4v) is 4.42. The van der Waals surface area contributed by atoms with E-state index in [1.165, 1.54) is 38.3 Å². The van der Waals surface area contributed by atoms with E-state index >= 15 is 0 Å². The number of hydrogen-bond acceptors (Lipinski definition) is 5. The van der Waals surface area contributed by atoms with Gasteiger partial charge in [0.2, 0.25) is 0 Å². The molecule has 1 aromatic carbocycles. The zero-order valence-electron chi connectivity index (χ0n) is 20.2. The molecule has 4 rings (SSSR count). The quantitative estimate of drug-likeness (QED) is 0.409. The van der Waals surface area contributed by atoms with Crippen LogP contribution in [0.15, 0.2) is 49.2 Å². The molecule has 0 bridgehead atoms. The highest BCUT2D eigenvalue weighted by Gasteiger charge is 2.21. The van der Waals surface area contributed by atoms with Gasteiger partial charge >= 0.3 is 0 Å². The molecule has 0 unspecified atom stereocenters. The second-order valence-corrected chi connectivity index (χ2v) is 8.58. The van der Waals surface area contributed by atoms with Crippen LogP contribution in [-0.2, 0) is 4.74 Å². The Morgan fingerprint density at radius 2 is 1.75 bits per heavy atom. The average Bonchev–Trinajstić information content (AvgIpc) is 3.29. The number of allylic oxidation sites excluding steroid dienone is 1. The summed E-state index contributed by atoms with van der Waals surface area (Å²) >= 11 is 1.91. The maximum atomic E-state index is 12.9. The standard InChI is InChI=1S/C11H22N2OS.C9H7FN2.C3H6.C2H6/c1-12(11-5-3-2-4-6-11)15-13-7-9-14-10-8-13;10-8-6-11-12-9(8)7-4-2-1-3-5-7;1-3-2;1-2/h11H,2-10H2,1H3;1-6H,(H,11,12);3H,1H2,2H3;1-2H3. The van der Waals surface area contributed by atoms with E-state index in [-0.39, 0.29) is 5.82 Å². The van der Waals surface area contributed by atoms with Crippen LogP contribution in [0.1, 0.15) is 52.9 Å². The van der Waals surface area contributed by atoms with Gasteiger partial charge in [0.25, 0.3) is 0 Å². The Balaban J connectivity index is 0.000000271. The van der Waals surface area contributed by atoms with Crippen molar-refractivity contribution >= 4 is 12.1 Å². The van der Waals surface area contributed by atoms with Crippen molar-refractivity contribution in [2.75, 3.05) is 33.4 Å². The Hall–Kier alpha value is -1.67. The summed E-state index contributed by atoms with van der Waals surface area (Å²) in [5.41, 5.74) is 1.25. The monoisotopic (exact) mass is 464 g/mol. The van der Waals surface area contributed by atoms with E-state index in [1.54, 1.807) is 6.08 Å². The molecule has 0 atom stereocenters. The molecule has 1 aromatic heterocycles. The first-order chi connectivity index (χ1) is 15.7. The lowest BCUT2D eigenvalue weighted by Gasteiger charge is -2.35. The van der Waals surface area contributed by atoms with Gasteiger partial charge in [0.05, 0.1) is 19.4 Å². The molecule has 1 N–H and O–H groups in total. The smallest absolute Gasteiger partial charge is 0.168 e. The Morgan fingerprint density at radius 1 is 1.16 bits per heavy atom. The van der Waals surface area contributed by atoms with Crippen molar-refractivity contribution in [2.45, 2.75) is 58.9 Å². The summed E-state index contributed by atoms with van der Waals surface area (Å²) in [5.74, 6) is -0.318. The minimum absolute atomic E-state index is 0.318. The summed E-state index contributed by atoms with van der Waals surface area (Å²) in [7, 11) is 2.25. The fourth-order valence-electron chi connectivity index (χ4n) is 3.40. The second-order valence-electron chi connectivity index (χ2n) is 7.33. The summed E-state index contributed by atoms with van der Waals surface area (Å²) in [6.45, 7) is 13.2. The predicted octanol–water partition coefficient (Wildman–Crippen LogP) is 6.58. The molecule has 1 aliphatic heterocycles. The Bertz CT molecular complexity index is 701. The maximum Gasteiger partial charge on any atom is 0.168 e. The molecule has 1 saturated heterocycles. The van der Waals surface area contributed by atoms with Crippen LogP contribution >= 0.6 is 12.1 Å². The van der Waals surface area contributed by atoms with Gasteiger partial charge in [-0.1, -0.05) is 69.5 Å². The number of aromatic amines is 1. The SMILES string of the molecule is C=CC.CC.CN(SN1CCOCC1)C1CCCCC1.Fc1cn[nH]c1-c1ccccc1. The summed E-state index contributed by atoms with van der Waals surface area (Å²) in [5, 5.41) is 6.19. The van der Waals surface area contributed by atoms with Gasteiger partial charge in [-0.3, -0.25) is 5.10 Å². The van der Waals surface area contributed by atoms with Gasteiger partial charge in [0, 0.05) is 36.8 Å². The third kappa shape index (κ3) is 10.8. The molecular formula is C25H41FN4OS. The van der Waals surface area contributed by atoms with E-state index in [2.05, 4.69) is 32.4 Å². The van der Waals surface area contributed by atoms with Crippen molar-refractivity contribution in [2.24, 2.45) is 0 Å². The summed E-state index contributed by atoms with van der Waals surface area (Å²) in [4.78, 5) is 0. The number of aromatic nitrogens is 2. The van der Waals surface area contributed by atoms with Crippen molar-refractivity contribution in [3.05, 3.63) is 55.0 Å². The number of morpholine rings is 1. The zero-order chi connectivity index (χ0) is 23.6. The Labute approximate surface area is 198 Å². The highest BCUT2D eigenvalue weighted by Crippen LogP contribution is 2.27. The minimum atomic E-state index is -0.318. The number of rotatable bonds is 4. The minimum Gasteiger partial charge on any atom is -0.379 e. The fraction of sp³-hybridized carbons (Fsp3) is 0.560. The van der Waals surface area contributed by atoms with Crippen LogP contribution in [0, 0.1) is 5.82 Å². The van der Waals surface area contributed by atoms with E-state index in [0.29, 0.717) is 5.69 Å². The van der Waals surface area contributed by atoms with Crippen LogP contribution < -0.4 is 0 Å². The molecule has 5 nitrogen and oxygen atoms in total. The molecular weight excluding hydrogens is 423 g/mol. The van der Waals surface area contributed by atoms with Gasteiger partial charge in [-0.15, -0.1) is 6.58 Å². The van der Waals surface area contributed by atoms with E-state index in [1.807, 2.05) is 63.2 Å². The second kappa shape index (κ2) is 17.8. The lowest BCUT2D eigenvalue weighted by molar-refractivity contribution is 0.0754.